The van der Waals surface area contributed by atoms with Crippen molar-refractivity contribution in [2.75, 3.05) is 14.2 Å². The van der Waals surface area contributed by atoms with Gasteiger partial charge in [-0.1, -0.05) is 6.07 Å². The van der Waals surface area contributed by atoms with Crippen molar-refractivity contribution in [3.05, 3.63) is 29.0 Å². The van der Waals surface area contributed by atoms with Crippen LogP contribution >= 0.6 is 0 Å². The van der Waals surface area contributed by atoms with E-state index in [1.165, 1.54) is 10.7 Å². The SMILES string of the molecule is COc1c(C)cc(C)c(-c2cc(C(=O)O)nn2C)c1OC. The van der Waals surface area contributed by atoms with E-state index in [2.05, 4.69) is 5.10 Å². The maximum Gasteiger partial charge on any atom is 0.356 e. The highest BCUT2D eigenvalue weighted by Crippen LogP contribution is 2.42. The minimum Gasteiger partial charge on any atom is -0.493 e. The van der Waals surface area contributed by atoms with Gasteiger partial charge in [0.2, 0.25) is 0 Å². The highest BCUT2D eigenvalue weighted by atomic mass is 16.5. The molecule has 1 heterocycles. The predicted molar refractivity (Wildman–Crippen MR) is 78.2 cm³/mol. The maximum absolute atomic E-state index is 11.1. The van der Waals surface area contributed by atoms with E-state index in [0.717, 1.165) is 16.7 Å². The van der Waals surface area contributed by atoms with Crippen molar-refractivity contribution in [1.29, 1.82) is 0 Å². The summed E-state index contributed by atoms with van der Waals surface area (Å²) in [6, 6.07) is 3.51. The molecular formula is C15H18N2O4. The molecular weight excluding hydrogens is 272 g/mol. The van der Waals surface area contributed by atoms with Crippen LogP contribution in [0.2, 0.25) is 0 Å². The smallest absolute Gasteiger partial charge is 0.356 e. The van der Waals surface area contributed by atoms with Crippen molar-refractivity contribution in [2.45, 2.75) is 13.8 Å². The molecule has 21 heavy (non-hydrogen) atoms. The standard InChI is InChI=1S/C15H18N2O4/c1-8-6-9(2)13(20-4)14(21-5)12(8)11-7-10(15(18)19)16-17(11)3/h6-7H,1-5H3,(H,18,19). The molecule has 0 aliphatic rings. The first-order chi connectivity index (χ1) is 9.90. The van der Waals surface area contributed by atoms with Crippen molar-refractivity contribution >= 4 is 5.97 Å². The Morgan fingerprint density at radius 3 is 2.24 bits per heavy atom. The summed E-state index contributed by atoms with van der Waals surface area (Å²) in [5, 5.41) is 13.1. The van der Waals surface area contributed by atoms with Crippen LogP contribution in [0.1, 0.15) is 21.6 Å². The second-order valence-corrected chi connectivity index (χ2v) is 4.80. The maximum atomic E-state index is 11.1. The lowest BCUT2D eigenvalue weighted by Gasteiger charge is -2.17. The number of aromatic carboxylic acids is 1. The van der Waals surface area contributed by atoms with Gasteiger partial charge < -0.3 is 14.6 Å². The van der Waals surface area contributed by atoms with Gasteiger partial charge in [0.25, 0.3) is 0 Å². The summed E-state index contributed by atoms with van der Waals surface area (Å²) in [5.41, 5.74) is 3.36. The number of nitrogens with zero attached hydrogens (tertiary/aromatic N) is 2. The van der Waals surface area contributed by atoms with Crippen LogP contribution in [-0.2, 0) is 7.05 Å². The molecule has 1 N–H and O–H groups in total. The molecule has 0 amide bonds. The van der Waals surface area contributed by atoms with Gasteiger partial charge in [-0.25, -0.2) is 4.79 Å². The molecule has 0 saturated heterocycles. The van der Waals surface area contributed by atoms with Crippen LogP contribution in [0, 0.1) is 13.8 Å². The van der Waals surface area contributed by atoms with E-state index in [1.807, 2.05) is 19.9 Å². The number of aryl methyl sites for hydroxylation is 3. The minimum absolute atomic E-state index is 0.00602. The Morgan fingerprint density at radius 2 is 1.76 bits per heavy atom. The Morgan fingerprint density at radius 1 is 1.14 bits per heavy atom. The quantitative estimate of drug-likeness (QED) is 0.936. The van der Waals surface area contributed by atoms with Crippen molar-refractivity contribution in [3.8, 4) is 22.8 Å². The van der Waals surface area contributed by atoms with Crippen molar-refractivity contribution in [2.24, 2.45) is 7.05 Å². The number of hydrogen-bond donors (Lipinski definition) is 1. The van der Waals surface area contributed by atoms with Crippen molar-refractivity contribution in [3.63, 3.8) is 0 Å². The molecule has 0 bridgehead atoms. The zero-order chi connectivity index (χ0) is 15.7. The van der Waals surface area contributed by atoms with Gasteiger partial charge in [-0.3, -0.25) is 4.68 Å². The van der Waals surface area contributed by atoms with E-state index in [-0.39, 0.29) is 5.69 Å². The van der Waals surface area contributed by atoms with E-state index in [9.17, 15) is 4.79 Å². The van der Waals surface area contributed by atoms with Crippen LogP contribution < -0.4 is 9.47 Å². The molecule has 0 saturated carbocycles. The highest BCUT2D eigenvalue weighted by Gasteiger charge is 2.21. The molecule has 2 rings (SSSR count). The van der Waals surface area contributed by atoms with Gasteiger partial charge in [0.05, 0.1) is 19.9 Å². The van der Waals surface area contributed by atoms with E-state index in [0.29, 0.717) is 17.2 Å². The lowest BCUT2D eigenvalue weighted by atomic mass is 10.00. The van der Waals surface area contributed by atoms with Gasteiger partial charge in [0.1, 0.15) is 0 Å². The molecule has 6 heteroatoms. The summed E-state index contributed by atoms with van der Waals surface area (Å²) in [7, 11) is 4.84. The fourth-order valence-corrected chi connectivity index (χ4v) is 2.51. The number of carbonyl (C=O) groups is 1. The van der Waals surface area contributed by atoms with Crippen molar-refractivity contribution < 1.29 is 19.4 Å². The Kier molecular flexibility index (Phi) is 3.88. The molecule has 0 aliphatic heterocycles. The topological polar surface area (TPSA) is 73.6 Å². The van der Waals surface area contributed by atoms with Gasteiger partial charge in [0, 0.05) is 12.6 Å². The van der Waals surface area contributed by atoms with Crippen molar-refractivity contribution in [1.82, 2.24) is 9.78 Å². The predicted octanol–water partition coefficient (Wildman–Crippen LogP) is 2.42. The molecule has 2 aromatic rings. The average molecular weight is 290 g/mol. The number of ether oxygens (including phenoxy) is 2. The van der Waals surface area contributed by atoms with E-state index in [1.54, 1.807) is 21.3 Å². The third kappa shape index (κ3) is 2.44. The van der Waals surface area contributed by atoms with Crippen LogP contribution in [0.5, 0.6) is 11.5 Å². The second-order valence-electron chi connectivity index (χ2n) is 4.80. The molecule has 0 aliphatic carbocycles. The summed E-state index contributed by atoms with van der Waals surface area (Å²) in [4.78, 5) is 11.1. The van der Waals surface area contributed by atoms with Gasteiger partial charge >= 0.3 is 5.97 Å². The first-order valence-corrected chi connectivity index (χ1v) is 6.40. The summed E-state index contributed by atoms with van der Waals surface area (Å²) < 4.78 is 12.4. The fraction of sp³-hybridized carbons (Fsp3) is 0.333. The number of carboxylic acids is 1. The molecule has 0 unspecified atom stereocenters. The Labute approximate surface area is 122 Å². The number of hydrogen-bond acceptors (Lipinski definition) is 4. The zero-order valence-corrected chi connectivity index (χ0v) is 12.7. The third-order valence-corrected chi connectivity index (χ3v) is 3.38. The van der Waals surface area contributed by atoms with Crippen LogP contribution in [0.4, 0.5) is 0 Å². The first-order valence-electron chi connectivity index (χ1n) is 6.40. The van der Waals surface area contributed by atoms with E-state index in [4.69, 9.17) is 14.6 Å². The molecule has 1 aromatic carbocycles. The average Bonchev–Trinajstić information content (AvgIpc) is 2.80. The number of methoxy groups -OCH3 is 2. The van der Waals surface area contributed by atoms with Crippen LogP contribution in [0.15, 0.2) is 12.1 Å². The molecule has 112 valence electrons. The van der Waals surface area contributed by atoms with Crippen LogP contribution in [0.3, 0.4) is 0 Å². The zero-order valence-electron chi connectivity index (χ0n) is 12.7. The minimum atomic E-state index is -1.06. The van der Waals surface area contributed by atoms with E-state index >= 15 is 0 Å². The lowest BCUT2D eigenvalue weighted by Crippen LogP contribution is -2.02. The number of carboxylic acid groups (broad SMARTS) is 1. The van der Waals surface area contributed by atoms with Crippen LogP contribution in [0.25, 0.3) is 11.3 Å². The molecule has 1 aromatic heterocycles. The van der Waals surface area contributed by atoms with Gasteiger partial charge in [0.15, 0.2) is 17.2 Å². The number of rotatable bonds is 4. The Bertz CT molecular complexity index is 704. The summed E-state index contributed by atoms with van der Waals surface area (Å²) in [6.07, 6.45) is 0. The second kappa shape index (κ2) is 5.47. The monoisotopic (exact) mass is 290 g/mol. The molecule has 0 fully saturated rings. The van der Waals surface area contributed by atoms with E-state index < -0.39 is 5.97 Å². The normalized spacial score (nSPS) is 10.5. The summed E-state index contributed by atoms with van der Waals surface area (Å²) >= 11 is 0. The van der Waals surface area contributed by atoms with Gasteiger partial charge in [-0.05, 0) is 31.0 Å². The van der Waals surface area contributed by atoms with Crippen LogP contribution in [-0.4, -0.2) is 35.1 Å². The summed E-state index contributed by atoms with van der Waals surface area (Å²) in [5.74, 6) is 0.152. The number of aromatic nitrogens is 2. The lowest BCUT2D eigenvalue weighted by molar-refractivity contribution is 0.0689. The molecule has 6 nitrogen and oxygen atoms in total. The molecule has 0 spiro atoms. The fourth-order valence-electron chi connectivity index (χ4n) is 2.51. The van der Waals surface area contributed by atoms with Gasteiger partial charge in [-0.15, -0.1) is 0 Å². The molecule has 0 atom stereocenters. The third-order valence-electron chi connectivity index (χ3n) is 3.38. The number of benzene rings is 1. The highest BCUT2D eigenvalue weighted by molar-refractivity contribution is 5.88. The Hall–Kier alpha value is -2.50. The molecule has 0 radical (unpaired) electrons. The van der Waals surface area contributed by atoms with Gasteiger partial charge in [-0.2, -0.15) is 5.10 Å². The first kappa shape index (κ1) is 14.9. The summed E-state index contributed by atoms with van der Waals surface area (Å²) in [6.45, 7) is 3.88. The Balaban J connectivity index is 2.77. The largest absolute Gasteiger partial charge is 0.493 e.